The summed E-state index contributed by atoms with van der Waals surface area (Å²) in [5, 5.41) is 6.49. The molecule has 0 spiro atoms. The van der Waals surface area contributed by atoms with Crippen molar-refractivity contribution in [3.63, 3.8) is 0 Å². The molecular weight excluding hydrogens is 350 g/mol. The zero-order valence-electron chi connectivity index (χ0n) is 14.8. The van der Waals surface area contributed by atoms with E-state index >= 15 is 0 Å². The fraction of sp³-hybridized carbons (Fsp3) is 0.316. The van der Waals surface area contributed by atoms with Crippen LogP contribution in [0, 0.1) is 6.92 Å². The van der Waals surface area contributed by atoms with E-state index in [1.807, 2.05) is 25.4 Å². The molecule has 0 unspecified atom stereocenters. The van der Waals surface area contributed by atoms with Crippen LogP contribution in [0.2, 0.25) is 0 Å². The van der Waals surface area contributed by atoms with Crippen LogP contribution in [0.3, 0.4) is 0 Å². The van der Waals surface area contributed by atoms with Crippen LogP contribution in [0.4, 0.5) is 5.69 Å². The minimum atomic E-state index is -0.250. The van der Waals surface area contributed by atoms with Gasteiger partial charge in [-0.2, -0.15) is 0 Å². The molecule has 0 aliphatic carbocycles. The summed E-state index contributed by atoms with van der Waals surface area (Å²) < 4.78 is 5.61. The molecule has 2 amide bonds. The Balaban J connectivity index is 1.63. The Bertz CT molecular complexity index is 929. The van der Waals surface area contributed by atoms with Crippen molar-refractivity contribution in [1.82, 2.24) is 10.3 Å². The normalized spacial score (nSPS) is 10.8. The number of furan rings is 1. The third kappa shape index (κ3) is 4.29. The molecule has 0 atom stereocenters. The first-order valence-electron chi connectivity index (χ1n) is 8.57. The summed E-state index contributed by atoms with van der Waals surface area (Å²) in [7, 11) is 0. The van der Waals surface area contributed by atoms with Crippen LogP contribution in [-0.4, -0.2) is 23.3 Å². The van der Waals surface area contributed by atoms with Gasteiger partial charge in [0.15, 0.2) is 5.76 Å². The minimum absolute atomic E-state index is 0.0216. The third-order valence-corrected chi connectivity index (χ3v) is 4.98. The number of benzene rings is 1. The minimum Gasteiger partial charge on any atom is -0.451 e. The summed E-state index contributed by atoms with van der Waals surface area (Å²) in [4.78, 5) is 29.4. The number of nitrogens with one attached hydrogen (secondary N) is 2. The van der Waals surface area contributed by atoms with Crippen LogP contribution in [-0.2, 0) is 11.2 Å². The van der Waals surface area contributed by atoms with E-state index in [4.69, 9.17) is 4.42 Å². The first kappa shape index (κ1) is 18.1. The molecule has 0 saturated carbocycles. The van der Waals surface area contributed by atoms with Crippen molar-refractivity contribution in [3.05, 3.63) is 46.1 Å². The van der Waals surface area contributed by atoms with Gasteiger partial charge in [0.25, 0.3) is 5.91 Å². The Labute approximate surface area is 155 Å². The van der Waals surface area contributed by atoms with Crippen LogP contribution < -0.4 is 10.6 Å². The first-order valence-corrected chi connectivity index (χ1v) is 9.45. The van der Waals surface area contributed by atoms with E-state index in [1.54, 1.807) is 29.5 Å². The molecule has 2 aromatic heterocycles. The highest BCUT2D eigenvalue weighted by atomic mass is 32.1. The number of aryl methyl sites for hydroxylation is 1. The second-order valence-electron chi connectivity index (χ2n) is 6.03. The largest absolute Gasteiger partial charge is 0.451 e. The Kier molecular flexibility index (Phi) is 5.68. The van der Waals surface area contributed by atoms with Gasteiger partial charge in [-0.3, -0.25) is 9.59 Å². The number of amides is 2. The molecule has 0 bridgehead atoms. The van der Waals surface area contributed by atoms with Gasteiger partial charge in [0.2, 0.25) is 5.91 Å². The van der Waals surface area contributed by atoms with Crippen molar-refractivity contribution in [3.8, 4) is 0 Å². The number of carbonyl (C=O) groups is 2. The first-order chi connectivity index (χ1) is 12.6. The average Bonchev–Trinajstić information content (AvgIpc) is 3.21. The van der Waals surface area contributed by atoms with Crippen LogP contribution >= 0.6 is 11.3 Å². The molecule has 7 heteroatoms. The highest BCUT2D eigenvalue weighted by molar-refractivity contribution is 7.09. The predicted octanol–water partition coefficient (Wildman–Crippen LogP) is 3.91. The van der Waals surface area contributed by atoms with Crippen LogP contribution in [0.25, 0.3) is 11.0 Å². The van der Waals surface area contributed by atoms with E-state index in [0.29, 0.717) is 24.2 Å². The van der Waals surface area contributed by atoms with E-state index in [2.05, 4.69) is 15.6 Å². The molecule has 3 rings (SSSR count). The van der Waals surface area contributed by atoms with Gasteiger partial charge >= 0.3 is 0 Å². The molecule has 3 aromatic rings. The lowest BCUT2D eigenvalue weighted by Crippen LogP contribution is -2.25. The SMILES string of the molecule is CCCC(=O)Nc1ccc2oc(C(=O)NCCc3scnc3C)cc2c1. The number of anilines is 1. The lowest BCUT2D eigenvalue weighted by Gasteiger charge is -2.03. The zero-order chi connectivity index (χ0) is 18.5. The summed E-state index contributed by atoms with van der Waals surface area (Å²) in [6, 6.07) is 7.03. The van der Waals surface area contributed by atoms with Gasteiger partial charge in [-0.05, 0) is 37.6 Å². The molecule has 0 aliphatic rings. The molecule has 6 nitrogen and oxygen atoms in total. The van der Waals surface area contributed by atoms with Crippen LogP contribution in [0.1, 0.15) is 40.9 Å². The summed E-state index contributed by atoms with van der Waals surface area (Å²) >= 11 is 1.59. The van der Waals surface area contributed by atoms with Crippen molar-refractivity contribution < 1.29 is 14.0 Å². The fourth-order valence-electron chi connectivity index (χ4n) is 2.63. The number of aromatic nitrogens is 1. The molecule has 0 aliphatic heterocycles. The molecule has 0 radical (unpaired) electrons. The van der Waals surface area contributed by atoms with Gasteiger partial charge in [0, 0.05) is 35.3 Å². The molecule has 26 heavy (non-hydrogen) atoms. The maximum absolute atomic E-state index is 12.3. The molecule has 2 N–H and O–H groups in total. The van der Waals surface area contributed by atoms with Gasteiger partial charge in [0.1, 0.15) is 5.58 Å². The van der Waals surface area contributed by atoms with Crippen molar-refractivity contribution >= 4 is 39.8 Å². The van der Waals surface area contributed by atoms with E-state index in [-0.39, 0.29) is 17.6 Å². The summed E-state index contributed by atoms with van der Waals surface area (Å²) in [6.45, 7) is 4.45. The van der Waals surface area contributed by atoms with E-state index in [0.717, 1.165) is 23.9 Å². The van der Waals surface area contributed by atoms with E-state index in [9.17, 15) is 9.59 Å². The Morgan fingerprint density at radius 1 is 1.27 bits per heavy atom. The molecule has 2 heterocycles. The van der Waals surface area contributed by atoms with Gasteiger partial charge in [0.05, 0.1) is 11.2 Å². The monoisotopic (exact) mass is 371 g/mol. The number of fused-ring (bicyclic) bond motifs is 1. The Hall–Kier alpha value is -2.67. The average molecular weight is 371 g/mol. The van der Waals surface area contributed by atoms with Crippen molar-refractivity contribution in [2.45, 2.75) is 33.1 Å². The number of hydrogen-bond donors (Lipinski definition) is 2. The number of hydrogen-bond acceptors (Lipinski definition) is 5. The van der Waals surface area contributed by atoms with Crippen molar-refractivity contribution in [2.24, 2.45) is 0 Å². The van der Waals surface area contributed by atoms with Crippen LogP contribution in [0.15, 0.2) is 34.2 Å². The number of thiazole rings is 1. The highest BCUT2D eigenvalue weighted by Gasteiger charge is 2.13. The Morgan fingerprint density at radius 2 is 2.12 bits per heavy atom. The third-order valence-electron chi connectivity index (χ3n) is 3.98. The van der Waals surface area contributed by atoms with E-state index in [1.165, 1.54) is 4.88 Å². The summed E-state index contributed by atoms with van der Waals surface area (Å²) in [5.41, 5.74) is 4.12. The maximum atomic E-state index is 12.3. The van der Waals surface area contributed by atoms with Crippen molar-refractivity contribution in [2.75, 3.05) is 11.9 Å². The lowest BCUT2D eigenvalue weighted by atomic mass is 10.2. The van der Waals surface area contributed by atoms with Gasteiger partial charge in [-0.15, -0.1) is 11.3 Å². The lowest BCUT2D eigenvalue weighted by molar-refractivity contribution is -0.116. The quantitative estimate of drug-likeness (QED) is 0.659. The highest BCUT2D eigenvalue weighted by Crippen LogP contribution is 2.23. The molecule has 1 aromatic carbocycles. The van der Waals surface area contributed by atoms with Gasteiger partial charge < -0.3 is 15.1 Å². The molecular formula is C19H21N3O3S. The van der Waals surface area contributed by atoms with Gasteiger partial charge in [-0.1, -0.05) is 6.92 Å². The summed E-state index contributed by atoms with van der Waals surface area (Å²) in [6.07, 6.45) is 2.03. The number of rotatable bonds is 7. The second-order valence-corrected chi connectivity index (χ2v) is 6.97. The topological polar surface area (TPSA) is 84.2 Å². The molecule has 0 saturated heterocycles. The zero-order valence-corrected chi connectivity index (χ0v) is 15.6. The number of nitrogens with zero attached hydrogens (tertiary/aromatic N) is 1. The standard InChI is InChI=1S/C19H21N3O3S/c1-3-4-18(23)22-14-5-6-15-13(9-14)10-16(25-15)19(24)20-8-7-17-12(2)21-11-26-17/h5-6,9-11H,3-4,7-8H2,1-2H3,(H,20,24)(H,22,23). The molecule has 136 valence electrons. The van der Waals surface area contributed by atoms with Crippen molar-refractivity contribution in [1.29, 1.82) is 0 Å². The molecule has 0 fully saturated rings. The maximum Gasteiger partial charge on any atom is 0.287 e. The Morgan fingerprint density at radius 3 is 2.85 bits per heavy atom. The van der Waals surface area contributed by atoms with Crippen LogP contribution in [0.5, 0.6) is 0 Å². The fourth-order valence-corrected chi connectivity index (χ4v) is 3.41. The smallest absolute Gasteiger partial charge is 0.287 e. The second kappa shape index (κ2) is 8.14. The predicted molar refractivity (Wildman–Crippen MR) is 103 cm³/mol. The van der Waals surface area contributed by atoms with Gasteiger partial charge in [-0.25, -0.2) is 4.98 Å². The number of carbonyl (C=O) groups excluding carboxylic acids is 2. The van der Waals surface area contributed by atoms with E-state index < -0.39 is 0 Å². The summed E-state index contributed by atoms with van der Waals surface area (Å²) in [5.74, 6) is -0.00956.